The quantitative estimate of drug-likeness (QED) is 0.374. The summed E-state index contributed by atoms with van der Waals surface area (Å²) in [6, 6.07) is 15.4. The molecule has 0 saturated carbocycles. The Morgan fingerprint density at radius 3 is 1.47 bits per heavy atom. The summed E-state index contributed by atoms with van der Waals surface area (Å²) < 4.78 is 38.7. The van der Waals surface area contributed by atoms with Gasteiger partial charge in [0.1, 0.15) is 5.75 Å². The van der Waals surface area contributed by atoms with Crippen molar-refractivity contribution in [2.45, 2.75) is 0 Å². The first-order valence-corrected chi connectivity index (χ1v) is 10.5. The van der Waals surface area contributed by atoms with Gasteiger partial charge in [-0.2, -0.15) is 0 Å². The highest BCUT2D eigenvalue weighted by atomic mass is 16.5. The first-order chi connectivity index (χ1) is 16.5. The third-order valence-corrected chi connectivity index (χ3v) is 5.35. The van der Waals surface area contributed by atoms with Gasteiger partial charge in [0.25, 0.3) is 0 Å². The normalized spacial score (nSPS) is 11.0. The van der Waals surface area contributed by atoms with E-state index in [-0.39, 0.29) is 0 Å². The highest BCUT2D eigenvalue weighted by Crippen LogP contribution is 2.43. The number of ether oxygens (including phenoxy) is 7. The smallest absolute Gasteiger partial charge is 0.203 e. The fourth-order valence-electron chi connectivity index (χ4n) is 3.71. The maximum Gasteiger partial charge on any atom is 0.203 e. The zero-order chi connectivity index (χ0) is 24.7. The van der Waals surface area contributed by atoms with Crippen LogP contribution in [-0.4, -0.2) is 49.8 Å². The van der Waals surface area contributed by atoms with E-state index in [4.69, 9.17) is 33.2 Å². The van der Waals surface area contributed by atoms with Gasteiger partial charge in [0.15, 0.2) is 23.0 Å². The number of methoxy groups -OCH3 is 7. The monoisotopic (exact) mass is 466 g/mol. The van der Waals surface area contributed by atoms with E-state index >= 15 is 0 Å². The summed E-state index contributed by atoms with van der Waals surface area (Å²) in [7, 11) is 11.2. The minimum absolute atomic E-state index is 0.520. The van der Waals surface area contributed by atoms with E-state index in [0.29, 0.717) is 34.5 Å². The molecule has 3 rings (SSSR count). The van der Waals surface area contributed by atoms with Gasteiger partial charge in [0.05, 0.1) is 49.8 Å². The van der Waals surface area contributed by atoms with Crippen molar-refractivity contribution < 1.29 is 33.2 Å². The molecule has 0 heterocycles. The van der Waals surface area contributed by atoms with Crippen LogP contribution < -0.4 is 33.2 Å². The van der Waals surface area contributed by atoms with E-state index < -0.39 is 0 Å². The topological polar surface area (TPSA) is 64.6 Å². The Bertz CT molecular complexity index is 1120. The average molecular weight is 467 g/mol. The summed E-state index contributed by atoms with van der Waals surface area (Å²) in [5.41, 5.74) is 3.53. The van der Waals surface area contributed by atoms with Gasteiger partial charge in [-0.3, -0.25) is 0 Å². The van der Waals surface area contributed by atoms with Crippen LogP contribution in [0.25, 0.3) is 11.6 Å². The second-order valence-corrected chi connectivity index (χ2v) is 7.16. The molecule has 0 radical (unpaired) electrons. The Morgan fingerprint density at radius 2 is 1.03 bits per heavy atom. The molecule has 3 aromatic rings. The maximum atomic E-state index is 5.59. The standard InChI is InChI=1S/C27H30O7/c1-28-20-10-8-9-18(14-20)21(19-15-24(31-4)27(34-7)25(16-19)32-5)11-17-12-22(29-2)26(33-6)23(13-17)30-3/h8-16H,1-7H3/b21-11-. The van der Waals surface area contributed by atoms with Crippen molar-refractivity contribution in [3.05, 3.63) is 65.2 Å². The van der Waals surface area contributed by atoms with Crippen LogP contribution in [0.15, 0.2) is 48.5 Å². The van der Waals surface area contributed by atoms with Crippen LogP contribution in [-0.2, 0) is 0 Å². The van der Waals surface area contributed by atoms with Crippen molar-refractivity contribution in [2.75, 3.05) is 49.8 Å². The second kappa shape index (κ2) is 11.2. The van der Waals surface area contributed by atoms with Gasteiger partial charge in [-0.15, -0.1) is 0 Å². The Hall–Kier alpha value is -4.00. The van der Waals surface area contributed by atoms with Crippen molar-refractivity contribution in [2.24, 2.45) is 0 Å². The van der Waals surface area contributed by atoms with Gasteiger partial charge in [0.2, 0.25) is 11.5 Å². The Labute approximate surface area is 200 Å². The van der Waals surface area contributed by atoms with E-state index in [9.17, 15) is 0 Å². The van der Waals surface area contributed by atoms with Crippen LogP contribution in [0.3, 0.4) is 0 Å². The number of benzene rings is 3. The van der Waals surface area contributed by atoms with Gasteiger partial charge >= 0.3 is 0 Å². The van der Waals surface area contributed by atoms with Crippen molar-refractivity contribution in [1.29, 1.82) is 0 Å². The first kappa shape index (κ1) is 24.6. The molecule has 0 aliphatic rings. The van der Waals surface area contributed by atoms with Gasteiger partial charge in [-0.05, 0) is 64.7 Å². The lowest BCUT2D eigenvalue weighted by atomic mass is 9.94. The Balaban J connectivity index is 2.31. The molecule has 180 valence electrons. The SMILES string of the molecule is COc1cccc(/C(=C/c2cc(OC)c(OC)c(OC)c2)c2cc(OC)c(OC)c(OC)c2)c1. The molecule has 34 heavy (non-hydrogen) atoms. The average Bonchev–Trinajstić information content (AvgIpc) is 2.89. The molecule has 0 bridgehead atoms. The molecule has 0 aliphatic heterocycles. The number of rotatable bonds is 10. The van der Waals surface area contributed by atoms with Crippen molar-refractivity contribution in [3.63, 3.8) is 0 Å². The molecular formula is C27H30O7. The number of hydrogen-bond acceptors (Lipinski definition) is 7. The zero-order valence-electron chi connectivity index (χ0n) is 20.6. The first-order valence-electron chi connectivity index (χ1n) is 10.5. The van der Waals surface area contributed by atoms with Gasteiger partial charge < -0.3 is 33.2 Å². The van der Waals surface area contributed by atoms with Crippen LogP contribution in [0.5, 0.6) is 40.2 Å². The predicted molar refractivity (Wildman–Crippen MR) is 132 cm³/mol. The molecule has 0 unspecified atom stereocenters. The van der Waals surface area contributed by atoms with Crippen molar-refractivity contribution in [1.82, 2.24) is 0 Å². The Morgan fingerprint density at radius 1 is 0.529 bits per heavy atom. The third kappa shape index (κ3) is 4.98. The summed E-state index contributed by atoms with van der Waals surface area (Å²) in [6.45, 7) is 0. The lowest BCUT2D eigenvalue weighted by molar-refractivity contribution is 0.324. The largest absolute Gasteiger partial charge is 0.497 e. The fourth-order valence-corrected chi connectivity index (χ4v) is 3.71. The molecule has 0 spiro atoms. The molecule has 3 aromatic carbocycles. The van der Waals surface area contributed by atoms with Crippen LogP contribution in [0.1, 0.15) is 16.7 Å². The molecule has 0 amide bonds. The van der Waals surface area contributed by atoms with E-state index in [1.165, 1.54) is 0 Å². The lowest BCUT2D eigenvalue weighted by Crippen LogP contribution is -1.98. The summed E-state index contributed by atoms with van der Waals surface area (Å²) in [5.74, 6) is 4.00. The van der Waals surface area contributed by atoms with E-state index in [0.717, 1.165) is 28.0 Å². The molecule has 0 aromatic heterocycles. The highest BCUT2D eigenvalue weighted by Gasteiger charge is 2.18. The Kier molecular flexibility index (Phi) is 8.14. The van der Waals surface area contributed by atoms with Gasteiger partial charge in [0, 0.05) is 0 Å². The molecule has 7 heteroatoms. The summed E-state index contributed by atoms with van der Waals surface area (Å²) in [6.07, 6.45) is 2.03. The van der Waals surface area contributed by atoms with Crippen molar-refractivity contribution in [3.8, 4) is 40.2 Å². The van der Waals surface area contributed by atoms with E-state index in [2.05, 4.69) is 0 Å². The summed E-state index contributed by atoms with van der Waals surface area (Å²) in [4.78, 5) is 0. The minimum Gasteiger partial charge on any atom is -0.497 e. The van der Waals surface area contributed by atoms with Crippen LogP contribution in [0, 0.1) is 0 Å². The maximum absolute atomic E-state index is 5.59. The molecule has 0 atom stereocenters. The summed E-state index contributed by atoms with van der Waals surface area (Å²) >= 11 is 0. The minimum atomic E-state index is 0.520. The molecule has 0 fully saturated rings. The van der Waals surface area contributed by atoms with Crippen molar-refractivity contribution >= 4 is 11.6 Å². The highest BCUT2D eigenvalue weighted by molar-refractivity contribution is 5.93. The van der Waals surface area contributed by atoms with E-state index in [1.807, 2.05) is 54.6 Å². The van der Waals surface area contributed by atoms with Crippen LogP contribution in [0.4, 0.5) is 0 Å². The molecule has 0 aliphatic carbocycles. The van der Waals surface area contributed by atoms with Gasteiger partial charge in [-0.1, -0.05) is 12.1 Å². The summed E-state index contributed by atoms with van der Waals surface area (Å²) in [5, 5.41) is 0. The van der Waals surface area contributed by atoms with E-state index in [1.54, 1.807) is 49.8 Å². The molecule has 0 saturated heterocycles. The predicted octanol–water partition coefficient (Wildman–Crippen LogP) is 5.34. The fraction of sp³-hybridized carbons (Fsp3) is 0.259. The van der Waals surface area contributed by atoms with Gasteiger partial charge in [-0.25, -0.2) is 0 Å². The molecule has 7 nitrogen and oxygen atoms in total. The zero-order valence-corrected chi connectivity index (χ0v) is 20.6. The molecule has 0 N–H and O–H groups in total. The van der Waals surface area contributed by atoms with Crippen LogP contribution >= 0.6 is 0 Å². The number of hydrogen-bond donors (Lipinski definition) is 0. The molecular weight excluding hydrogens is 436 g/mol. The van der Waals surface area contributed by atoms with Crippen LogP contribution in [0.2, 0.25) is 0 Å². The second-order valence-electron chi connectivity index (χ2n) is 7.16. The lowest BCUT2D eigenvalue weighted by Gasteiger charge is -2.17. The third-order valence-electron chi connectivity index (χ3n) is 5.35.